The van der Waals surface area contributed by atoms with Gasteiger partial charge in [-0.3, -0.25) is 4.99 Å². The van der Waals surface area contributed by atoms with Crippen LogP contribution in [-0.2, 0) is 24.8 Å². The maximum Gasteiger partial charge on any atom is 0.213 e. The molecule has 0 spiro atoms. The summed E-state index contributed by atoms with van der Waals surface area (Å²) in [5.74, 6) is 2.28. The highest BCUT2D eigenvalue weighted by atomic mass is 127. The van der Waals surface area contributed by atoms with Crippen LogP contribution in [0.25, 0.3) is 0 Å². The van der Waals surface area contributed by atoms with E-state index in [9.17, 15) is 0 Å². The molecule has 0 aliphatic heterocycles. The largest absolute Gasteiger partial charge is 0.443 e. The number of halogens is 1. The van der Waals surface area contributed by atoms with E-state index in [2.05, 4.69) is 58.7 Å². The molecular formula is C17H28IN5OS. The van der Waals surface area contributed by atoms with Gasteiger partial charge in [-0.1, -0.05) is 27.7 Å². The Morgan fingerprint density at radius 1 is 1.32 bits per heavy atom. The van der Waals surface area contributed by atoms with E-state index in [0.29, 0.717) is 12.4 Å². The lowest BCUT2D eigenvalue weighted by Crippen LogP contribution is -2.37. The summed E-state index contributed by atoms with van der Waals surface area (Å²) in [6, 6.07) is 0. The van der Waals surface area contributed by atoms with Gasteiger partial charge in [0, 0.05) is 30.8 Å². The molecule has 0 aromatic carbocycles. The van der Waals surface area contributed by atoms with Crippen molar-refractivity contribution < 1.29 is 4.42 Å². The third-order valence-corrected chi connectivity index (χ3v) is 4.54. The van der Waals surface area contributed by atoms with E-state index < -0.39 is 0 Å². The van der Waals surface area contributed by atoms with E-state index >= 15 is 0 Å². The average Bonchev–Trinajstić information content (AvgIpc) is 3.19. The van der Waals surface area contributed by atoms with Crippen LogP contribution in [0, 0.1) is 0 Å². The summed E-state index contributed by atoms with van der Waals surface area (Å²) < 4.78 is 5.77. The van der Waals surface area contributed by atoms with Gasteiger partial charge >= 0.3 is 0 Å². The average molecular weight is 477 g/mol. The van der Waals surface area contributed by atoms with Gasteiger partial charge in [0.05, 0.1) is 23.4 Å². The Hall–Kier alpha value is -1.16. The fourth-order valence-electron chi connectivity index (χ4n) is 2.05. The van der Waals surface area contributed by atoms with Crippen molar-refractivity contribution in [3.8, 4) is 0 Å². The highest BCUT2D eigenvalue weighted by Gasteiger charge is 2.19. The lowest BCUT2D eigenvalue weighted by atomic mass is 9.94. The first-order chi connectivity index (χ1) is 11.4. The molecular weight excluding hydrogens is 449 g/mol. The number of aromatic nitrogens is 2. The number of oxazole rings is 1. The van der Waals surface area contributed by atoms with Crippen LogP contribution >= 0.6 is 35.3 Å². The summed E-state index contributed by atoms with van der Waals surface area (Å²) in [6.45, 7) is 9.73. The van der Waals surface area contributed by atoms with Crippen molar-refractivity contribution >= 4 is 41.3 Å². The van der Waals surface area contributed by atoms with Crippen LogP contribution < -0.4 is 10.6 Å². The zero-order chi connectivity index (χ0) is 17.6. The van der Waals surface area contributed by atoms with Gasteiger partial charge in [0.25, 0.3) is 0 Å². The number of rotatable bonds is 6. The number of hydrogen-bond donors (Lipinski definition) is 2. The molecule has 0 saturated heterocycles. The normalized spacial score (nSPS) is 12.0. The molecule has 25 heavy (non-hydrogen) atoms. The minimum absolute atomic E-state index is 0. The smallest absolute Gasteiger partial charge is 0.213 e. The van der Waals surface area contributed by atoms with Crippen LogP contribution in [0.15, 0.2) is 21.0 Å². The van der Waals surface area contributed by atoms with Gasteiger partial charge in [0.2, 0.25) is 5.89 Å². The second kappa shape index (κ2) is 10.1. The molecule has 0 bridgehead atoms. The monoisotopic (exact) mass is 477 g/mol. The predicted octanol–water partition coefficient (Wildman–Crippen LogP) is 3.52. The van der Waals surface area contributed by atoms with Gasteiger partial charge in [-0.15, -0.1) is 35.3 Å². The summed E-state index contributed by atoms with van der Waals surface area (Å²) in [4.78, 5) is 13.1. The van der Waals surface area contributed by atoms with Crippen molar-refractivity contribution in [3.63, 3.8) is 0 Å². The first kappa shape index (κ1) is 21.9. The van der Waals surface area contributed by atoms with E-state index in [0.717, 1.165) is 36.8 Å². The molecule has 0 aliphatic carbocycles. The van der Waals surface area contributed by atoms with E-state index in [-0.39, 0.29) is 29.4 Å². The molecule has 0 radical (unpaired) electrons. The predicted molar refractivity (Wildman–Crippen MR) is 114 cm³/mol. The van der Waals surface area contributed by atoms with Crippen LogP contribution in [0.2, 0.25) is 0 Å². The zero-order valence-corrected chi connectivity index (χ0v) is 18.7. The minimum Gasteiger partial charge on any atom is -0.443 e. The van der Waals surface area contributed by atoms with Crippen LogP contribution in [0.1, 0.15) is 50.0 Å². The highest BCUT2D eigenvalue weighted by Crippen LogP contribution is 2.22. The number of aliphatic imine (C=N–C) groups is 1. The van der Waals surface area contributed by atoms with Gasteiger partial charge < -0.3 is 15.1 Å². The number of nitrogens with one attached hydrogen (secondary N) is 2. The number of guanidine groups is 1. The van der Waals surface area contributed by atoms with E-state index in [4.69, 9.17) is 4.42 Å². The third-order valence-electron chi connectivity index (χ3n) is 3.50. The standard InChI is InChI=1S/C17H27N5OS.HI/c1-6-15-22-12(11-24-15)7-8-19-16(18-5)21-10-14-20-9-13(23-14)17(2,3)4;/h9,11H,6-8,10H2,1-5H3,(H2,18,19,21);1H. The van der Waals surface area contributed by atoms with Gasteiger partial charge in [-0.25, -0.2) is 9.97 Å². The maximum atomic E-state index is 5.77. The molecule has 0 atom stereocenters. The molecule has 2 rings (SSSR count). The zero-order valence-electron chi connectivity index (χ0n) is 15.5. The van der Waals surface area contributed by atoms with E-state index in [1.165, 1.54) is 5.01 Å². The number of aryl methyl sites for hydroxylation is 1. The molecule has 8 heteroatoms. The van der Waals surface area contributed by atoms with Gasteiger partial charge in [-0.05, 0) is 6.42 Å². The molecule has 2 heterocycles. The Balaban J connectivity index is 0.00000312. The quantitative estimate of drug-likeness (QED) is 0.379. The second-order valence-corrected chi connectivity index (χ2v) is 7.50. The van der Waals surface area contributed by atoms with E-state index in [1.807, 2.05) is 0 Å². The van der Waals surface area contributed by atoms with Crippen molar-refractivity contribution in [1.82, 2.24) is 20.6 Å². The Morgan fingerprint density at radius 3 is 2.64 bits per heavy atom. The molecule has 0 amide bonds. The Labute approximate surface area is 171 Å². The second-order valence-electron chi connectivity index (χ2n) is 6.56. The van der Waals surface area contributed by atoms with Crippen molar-refractivity contribution in [1.29, 1.82) is 0 Å². The number of nitrogens with zero attached hydrogens (tertiary/aromatic N) is 3. The highest BCUT2D eigenvalue weighted by molar-refractivity contribution is 14.0. The molecule has 0 aliphatic rings. The number of thiazole rings is 1. The minimum atomic E-state index is -0.0317. The molecule has 2 N–H and O–H groups in total. The van der Waals surface area contributed by atoms with Crippen molar-refractivity contribution in [3.05, 3.63) is 33.9 Å². The molecule has 6 nitrogen and oxygen atoms in total. The molecule has 2 aromatic heterocycles. The topological polar surface area (TPSA) is 75.3 Å². The molecule has 0 saturated carbocycles. The van der Waals surface area contributed by atoms with Crippen LogP contribution in [0.3, 0.4) is 0 Å². The molecule has 0 fully saturated rings. The maximum absolute atomic E-state index is 5.77. The van der Waals surface area contributed by atoms with Crippen molar-refractivity contribution in [2.45, 2.75) is 52.5 Å². The molecule has 2 aromatic rings. The van der Waals surface area contributed by atoms with Gasteiger partial charge in [0.15, 0.2) is 5.96 Å². The third kappa shape index (κ3) is 6.93. The lowest BCUT2D eigenvalue weighted by Gasteiger charge is -2.13. The van der Waals surface area contributed by atoms with Crippen LogP contribution in [-0.4, -0.2) is 29.5 Å². The number of hydrogen-bond acceptors (Lipinski definition) is 5. The molecule has 140 valence electrons. The molecule has 0 unspecified atom stereocenters. The van der Waals surface area contributed by atoms with Crippen LogP contribution in [0.4, 0.5) is 0 Å². The van der Waals surface area contributed by atoms with Crippen LogP contribution in [0.5, 0.6) is 0 Å². The SMILES string of the molecule is CCc1nc(CCNC(=NC)NCc2ncc(C(C)(C)C)o2)cs1.I. The summed E-state index contributed by atoms with van der Waals surface area (Å²) in [6.07, 6.45) is 3.67. The Kier molecular flexibility index (Phi) is 8.84. The lowest BCUT2D eigenvalue weighted by molar-refractivity contribution is 0.379. The fourth-order valence-corrected chi connectivity index (χ4v) is 2.83. The van der Waals surface area contributed by atoms with Crippen molar-refractivity contribution in [2.75, 3.05) is 13.6 Å². The summed E-state index contributed by atoms with van der Waals surface area (Å²) >= 11 is 1.72. The first-order valence-corrected chi connectivity index (χ1v) is 9.13. The van der Waals surface area contributed by atoms with E-state index in [1.54, 1.807) is 24.6 Å². The van der Waals surface area contributed by atoms with Gasteiger partial charge in [-0.2, -0.15) is 0 Å². The van der Waals surface area contributed by atoms with Gasteiger partial charge in [0.1, 0.15) is 5.76 Å². The first-order valence-electron chi connectivity index (χ1n) is 8.25. The summed E-state index contributed by atoms with van der Waals surface area (Å²) in [7, 11) is 1.75. The fraction of sp³-hybridized carbons (Fsp3) is 0.588. The summed E-state index contributed by atoms with van der Waals surface area (Å²) in [5, 5.41) is 9.81. The Morgan fingerprint density at radius 2 is 2.08 bits per heavy atom. The van der Waals surface area contributed by atoms with Crippen molar-refractivity contribution in [2.24, 2.45) is 4.99 Å². The summed E-state index contributed by atoms with van der Waals surface area (Å²) in [5.41, 5.74) is 1.10. The Bertz CT molecular complexity index is 675.